The van der Waals surface area contributed by atoms with Crippen LogP contribution in [0.4, 0.5) is 5.69 Å². The number of thiazole rings is 1. The Morgan fingerprint density at radius 1 is 1.13 bits per heavy atom. The number of anilines is 1. The van der Waals surface area contributed by atoms with Crippen molar-refractivity contribution in [3.8, 4) is 5.75 Å². The van der Waals surface area contributed by atoms with Gasteiger partial charge in [-0.1, -0.05) is 18.2 Å². The second-order valence-corrected chi connectivity index (χ2v) is 7.83. The Hall–Kier alpha value is -3.19. The zero-order valence-corrected chi connectivity index (χ0v) is 17.8. The molecular weight excluding hydrogens is 400 g/mol. The minimum absolute atomic E-state index is 0.206. The van der Waals surface area contributed by atoms with Crippen LogP contribution in [0.25, 0.3) is 0 Å². The summed E-state index contributed by atoms with van der Waals surface area (Å²) in [5.41, 5.74) is 3.17. The average molecular weight is 425 g/mol. The zero-order chi connectivity index (χ0) is 21.3. The van der Waals surface area contributed by atoms with Crippen molar-refractivity contribution in [3.05, 3.63) is 75.7 Å². The van der Waals surface area contributed by atoms with Gasteiger partial charge in [0.25, 0.3) is 5.91 Å². The maximum Gasteiger partial charge on any atom is 0.302 e. The molecule has 0 bridgehead atoms. The number of aromatic nitrogens is 1. The highest BCUT2D eigenvalue weighted by atomic mass is 32.1. The van der Waals surface area contributed by atoms with E-state index < -0.39 is 0 Å². The molecule has 1 aromatic heterocycles. The Morgan fingerprint density at radius 3 is 2.73 bits per heavy atom. The molecular formula is C23H24N2O4S. The number of nitrogens with one attached hydrogen (secondary N) is 1. The third kappa shape index (κ3) is 6.70. The minimum Gasteiger partial charge on any atom is -0.487 e. The van der Waals surface area contributed by atoms with Crippen molar-refractivity contribution in [2.24, 2.45) is 0 Å². The van der Waals surface area contributed by atoms with E-state index in [1.165, 1.54) is 6.92 Å². The van der Waals surface area contributed by atoms with E-state index in [1.54, 1.807) is 29.5 Å². The molecule has 1 heterocycles. The van der Waals surface area contributed by atoms with E-state index in [-0.39, 0.29) is 11.9 Å². The molecule has 1 N–H and O–H groups in total. The van der Waals surface area contributed by atoms with Gasteiger partial charge in [-0.05, 0) is 55.7 Å². The van der Waals surface area contributed by atoms with Gasteiger partial charge in [-0.15, -0.1) is 11.3 Å². The lowest BCUT2D eigenvalue weighted by molar-refractivity contribution is -0.141. The Balaban J connectivity index is 1.56. The largest absolute Gasteiger partial charge is 0.487 e. The Labute approximate surface area is 179 Å². The van der Waals surface area contributed by atoms with Crippen molar-refractivity contribution in [2.45, 2.75) is 33.3 Å². The first kappa shape index (κ1) is 21.5. The molecule has 0 aliphatic carbocycles. The summed E-state index contributed by atoms with van der Waals surface area (Å²) < 4.78 is 10.7. The van der Waals surface area contributed by atoms with Gasteiger partial charge in [-0.3, -0.25) is 9.59 Å². The van der Waals surface area contributed by atoms with Crippen molar-refractivity contribution in [3.63, 3.8) is 0 Å². The topological polar surface area (TPSA) is 77.5 Å². The van der Waals surface area contributed by atoms with Gasteiger partial charge in [-0.25, -0.2) is 4.98 Å². The number of aryl methyl sites for hydroxylation is 2. The molecule has 0 atom stereocenters. The molecule has 156 valence electrons. The number of carbonyl (C=O) groups excluding carboxylic acids is 2. The minimum atomic E-state index is -0.274. The monoisotopic (exact) mass is 424 g/mol. The standard InChI is InChI=1S/C23H24N2O4S/c1-16-24-21(15-30-16)14-29-22-10-4-8-19(13-22)23(27)25-20-9-3-6-18(12-20)7-5-11-28-17(2)26/h3-4,6,8-10,12-13,15H,5,7,11,14H2,1-2H3,(H,25,27). The number of rotatable bonds is 9. The summed E-state index contributed by atoms with van der Waals surface area (Å²) in [7, 11) is 0. The van der Waals surface area contributed by atoms with E-state index >= 15 is 0 Å². The van der Waals surface area contributed by atoms with Gasteiger partial charge in [0.1, 0.15) is 12.4 Å². The van der Waals surface area contributed by atoms with Crippen LogP contribution in [0.3, 0.4) is 0 Å². The first-order valence-electron chi connectivity index (χ1n) is 9.67. The number of hydrogen-bond acceptors (Lipinski definition) is 6. The van der Waals surface area contributed by atoms with Crippen molar-refractivity contribution < 1.29 is 19.1 Å². The maximum absolute atomic E-state index is 12.7. The summed E-state index contributed by atoms with van der Waals surface area (Å²) in [4.78, 5) is 27.9. The molecule has 3 aromatic rings. The van der Waals surface area contributed by atoms with Crippen molar-refractivity contribution in [2.75, 3.05) is 11.9 Å². The second kappa shape index (κ2) is 10.5. The first-order chi connectivity index (χ1) is 14.5. The molecule has 0 radical (unpaired) electrons. The molecule has 30 heavy (non-hydrogen) atoms. The lowest BCUT2D eigenvalue weighted by atomic mass is 10.1. The highest BCUT2D eigenvalue weighted by Gasteiger charge is 2.09. The number of carbonyl (C=O) groups is 2. The summed E-state index contributed by atoms with van der Waals surface area (Å²) in [5.74, 6) is 0.137. The van der Waals surface area contributed by atoms with Crippen LogP contribution >= 0.6 is 11.3 Å². The number of benzene rings is 2. The van der Waals surface area contributed by atoms with E-state index in [4.69, 9.17) is 9.47 Å². The van der Waals surface area contributed by atoms with Crippen LogP contribution in [0.5, 0.6) is 5.75 Å². The van der Waals surface area contributed by atoms with Gasteiger partial charge >= 0.3 is 5.97 Å². The van der Waals surface area contributed by atoms with Crippen molar-refractivity contribution in [1.29, 1.82) is 0 Å². The molecule has 3 rings (SSSR count). The molecule has 0 aliphatic heterocycles. The van der Waals surface area contributed by atoms with Crippen molar-refractivity contribution >= 4 is 28.9 Å². The zero-order valence-electron chi connectivity index (χ0n) is 17.0. The molecule has 1 amide bonds. The van der Waals surface area contributed by atoms with Gasteiger partial charge in [0, 0.05) is 23.6 Å². The molecule has 2 aromatic carbocycles. The van der Waals surface area contributed by atoms with E-state index in [9.17, 15) is 9.59 Å². The van der Waals surface area contributed by atoms with Gasteiger partial charge in [0.15, 0.2) is 0 Å². The van der Waals surface area contributed by atoms with Crippen LogP contribution in [0.2, 0.25) is 0 Å². The SMILES string of the molecule is CC(=O)OCCCc1cccc(NC(=O)c2cccc(OCc3csc(C)n3)c2)c1. The van der Waals surface area contributed by atoms with E-state index in [0.29, 0.717) is 30.2 Å². The second-order valence-electron chi connectivity index (χ2n) is 6.77. The Bertz CT molecular complexity index is 1020. The Kier molecular flexibility index (Phi) is 7.57. The van der Waals surface area contributed by atoms with Crippen LogP contribution < -0.4 is 10.1 Å². The molecule has 0 saturated heterocycles. The number of esters is 1. The van der Waals surface area contributed by atoms with Gasteiger partial charge < -0.3 is 14.8 Å². The summed E-state index contributed by atoms with van der Waals surface area (Å²) >= 11 is 1.58. The molecule has 0 aliphatic rings. The van der Waals surface area contributed by atoms with E-state index in [1.807, 2.05) is 42.6 Å². The first-order valence-corrected chi connectivity index (χ1v) is 10.5. The van der Waals surface area contributed by atoms with Gasteiger partial charge in [0.2, 0.25) is 0 Å². The highest BCUT2D eigenvalue weighted by molar-refractivity contribution is 7.09. The number of amides is 1. The molecule has 0 fully saturated rings. The average Bonchev–Trinajstić information content (AvgIpc) is 3.15. The summed E-state index contributed by atoms with van der Waals surface area (Å²) in [6.07, 6.45) is 1.49. The predicted molar refractivity (Wildman–Crippen MR) is 117 cm³/mol. The van der Waals surface area contributed by atoms with E-state index in [2.05, 4.69) is 10.3 Å². The smallest absolute Gasteiger partial charge is 0.302 e. The Morgan fingerprint density at radius 2 is 1.97 bits per heavy atom. The number of nitrogens with zero attached hydrogens (tertiary/aromatic N) is 1. The normalized spacial score (nSPS) is 10.5. The van der Waals surface area contributed by atoms with Crippen LogP contribution in [-0.2, 0) is 22.6 Å². The maximum atomic E-state index is 12.7. The lowest BCUT2D eigenvalue weighted by Gasteiger charge is -2.09. The molecule has 7 heteroatoms. The summed E-state index contributed by atoms with van der Waals surface area (Å²) in [6, 6.07) is 14.7. The highest BCUT2D eigenvalue weighted by Crippen LogP contribution is 2.18. The summed E-state index contributed by atoms with van der Waals surface area (Å²) in [5, 5.41) is 5.88. The number of ether oxygens (including phenoxy) is 2. The molecule has 0 saturated carbocycles. The number of hydrogen-bond donors (Lipinski definition) is 1. The fourth-order valence-electron chi connectivity index (χ4n) is 2.86. The summed E-state index contributed by atoms with van der Waals surface area (Å²) in [6.45, 7) is 4.11. The van der Waals surface area contributed by atoms with E-state index in [0.717, 1.165) is 29.1 Å². The molecule has 0 spiro atoms. The quantitative estimate of drug-likeness (QED) is 0.395. The fourth-order valence-corrected chi connectivity index (χ4v) is 3.46. The van der Waals surface area contributed by atoms with Crippen LogP contribution in [0.15, 0.2) is 53.9 Å². The third-order valence-corrected chi connectivity index (χ3v) is 5.07. The molecule has 0 unspecified atom stereocenters. The van der Waals surface area contributed by atoms with Gasteiger partial charge in [0.05, 0.1) is 17.3 Å². The fraction of sp³-hybridized carbons (Fsp3) is 0.261. The predicted octanol–water partition coefficient (Wildman–Crippen LogP) is 4.78. The van der Waals surface area contributed by atoms with Gasteiger partial charge in [-0.2, -0.15) is 0 Å². The van der Waals surface area contributed by atoms with Crippen LogP contribution in [0, 0.1) is 6.92 Å². The third-order valence-electron chi connectivity index (χ3n) is 4.25. The van der Waals surface area contributed by atoms with Crippen LogP contribution in [-0.4, -0.2) is 23.5 Å². The molecule has 6 nitrogen and oxygen atoms in total. The lowest BCUT2D eigenvalue weighted by Crippen LogP contribution is -2.12. The van der Waals surface area contributed by atoms with Crippen molar-refractivity contribution in [1.82, 2.24) is 4.98 Å². The van der Waals surface area contributed by atoms with Crippen LogP contribution in [0.1, 0.15) is 40.0 Å².